The lowest BCUT2D eigenvalue weighted by atomic mass is 9.98. The quantitative estimate of drug-likeness (QED) is 0.788. The van der Waals surface area contributed by atoms with Gasteiger partial charge in [0.1, 0.15) is 11.3 Å². The van der Waals surface area contributed by atoms with Crippen LogP contribution in [0.1, 0.15) is 30.9 Å². The number of amides is 1. The van der Waals surface area contributed by atoms with Crippen LogP contribution in [0.5, 0.6) is 5.75 Å². The number of ether oxygens (including phenoxy) is 1. The molecule has 27 heavy (non-hydrogen) atoms. The summed E-state index contributed by atoms with van der Waals surface area (Å²) in [4.78, 5) is 26.1. The summed E-state index contributed by atoms with van der Waals surface area (Å²) >= 11 is 0. The summed E-state index contributed by atoms with van der Waals surface area (Å²) in [5.74, 6) is 0.919. The Kier molecular flexibility index (Phi) is 7.27. The highest BCUT2D eigenvalue weighted by Gasteiger charge is 2.23. The first kappa shape index (κ1) is 21.3. The predicted octanol–water partition coefficient (Wildman–Crippen LogP) is 2.66. The van der Waals surface area contributed by atoms with E-state index in [1.807, 2.05) is 30.9 Å². The van der Waals surface area contributed by atoms with Crippen LogP contribution >= 0.6 is 12.4 Å². The maximum absolute atomic E-state index is 12.5. The fraction of sp³-hybridized carbons (Fsp3) is 0.500. The molecule has 0 aliphatic carbocycles. The molecule has 1 fully saturated rings. The number of carbonyl (C=O) groups excluding carboxylic acids is 1. The highest BCUT2D eigenvalue weighted by Crippen LogP contribution is 2.30. The summed E-state index contributed by atoms with van der Waals surface area (Å²) in [6.07, 6.45) is 2.73. The van der Waals surface area contributed by atoms with Gasteiger partial charge < -0.3 is 19.8 Å². The number of halogens is 1. The number of rotatable bonds is 5. The summed E-state index contributed by atoms with van der Waals surface area (Å²) in [5.41, 5.74) is 7.65. The number of aryl methyl sites for hydroxylation is 2. The van der Waals surface area contributed by atoms with E-state index in [1.54, 1.807) is 0 Å². The van der Waals surface area contributed by atoms with Crippen molar-refractivity contribution in [3.63, 3.8) is 0 Å². The third kappa shape index (κ3) is 4.82. The van der Waals surface area contributed by atoms with E-state index >= 15 is 0 Å². The Hall–Kier alpha value is -2.05. The standard InChI is InChI=1S/C20H26N2O4.ClH/c1-3-15-9-19(24)26-17-8-13(2)7-16(20(15)17)25-12-18(23)22-6-4-5-14(10-21)11-22;/h7-9,14H,3-6,10-12,21H2,1-2H3;1H. The average molecular weight is 395 g/mol. The van der Waals surface area contributed by atoms with Crippen molar-refractivity contribution in [3.05, 3.63) is 39.7 Å². The van der Waals surface area contributed by atoms with E-state index in [1.165, 1.54) is 6.07 Å². The van der Waals surface area contributed by atoms with Crippen molar-refractivity contribution in [2.75, 3.05) is 26.2 Å². The number of fused-ring (bicyclic) bond motifs is 1. The van der Waals surface area contributed by atoms with Crippen LogP contribution in [0.25, 0.3) is 11.0 Å². The van der Waals surface area contributed by atoms with Crippen molar-refractivity contribution in [1.29, 1.82) is 0 Å². The predicted molar refractivity (Wildman–Crippen MR) is 108 cm³/mol. The minimum atomic E-state index is -0.372. The molecule has 1 unspecified atom stereocenters. The van der Waals surface area contributed by atoms with Crippen molar-refractivity contribution >= 4 is 29.3 Å². The van der Waals surface area contributed by atoms with Gasteiger partial charge in [-0.2, -0.15) is 0 Å². The maximum Gasteiger partial charge on any atom is 0.336 e. The first-order valence-electron chi connectivity index (χ1n) is 9.19. The summed E-state index contributed by atoms with van der Waals surface area (Å²) in [5, 5.41) is 0.768. The van der Waals surface area contributed by atoms with Crippen LogP contribution in [0.2, 0.25) is 0 Å². The lowest BCUT2D eigenvalue weighted by Gasteiger charge is -2.32. The molecule has 148 valence electrons. The third-order valence-electron chi connectivity index (χ3n) is 4.97. The van der Waals surface area contributed by atoms with E-state index in [4.69, 9.17) is 14.9 Å². The average Bonchev–Trinajstić information content (AvgIpc) is 2.64. The van der Waals surface area contributed by atoms with Gasteiger partial charge in [-0.3, -0.25) is 4.79 Å². The summed E-state index contributed by atoms with van der Waals surface area (Å²) < 4.78 is 11.2. The lowest BCUT2D eigenvalue weighted by Crippen LogP contribution is -2.44. The van der Waals surface area contributed by atoms with Gasteiger partial charge in [-0.25, -0.2) is 4.79 Å². The van der Waals surface area contributed by atoms with Crippen LogP contribution in [-0.2, 0) is 11.2 Å². The molecule has 0 saturated carbocycles. The van der Waals surface area contributed by atoms with Gasteiger partial charge in [-0.1, -0.05) is 6.92 Å². The largest absolute Gasteiger partial charge is 0.483 e. The van der Waals surface area contributed by atoms with Gasteiger partial charge in [0.2, 0.25) is 0 Å². The molecule has 2 aromatic rings. The second kappa shape index (κ2) is 9.24. The number of carbonyl (C=O) groups is 1. The van der Waals surface area contributed by atoms with Gasteiger partial charge in [0.15, 0.2) is 6.61 Å². The normalized spacial score (nSPS) is 16.9. The van der Waals surface area contributed by atoms with Gasteiger partial charge in [0.25, 0.3) is 5.91 Å². The number of hydrogen-bond acceptors (Lipinski definition) is 5. The first-order chi connectivity index (χ1) is 12.5. The SMILES string of the molecule is CCc1cc(=O)oc2cc(C)cc(OCC(=O)N3CCCC(CN)C3)c12.Cl. The Morgan fingerprint density at radius 2 is 2.15 bits per heavy atom. The van der Waals surface area contributed by atoms with Crippen molar-refractivity contribution in [3.8, 4) is 5.75 Å². The molecule has 1 saturated heterocycles. The molecule has 0 bridgehead atoms. The molecule has 1 aromatic carbocycles. The highest BCUT2D eigenvalue weighted by molar-refractivity contribution is 5.88. The zero-order chi connectivity index (χ0) is 18.7. The van der Waals surface area contributed by atoms with E-state index in [9.17, 15) is 9.59 Å². The van der Waals surface area contributed by atoms with Crippen molar-refractivity contribution in [1.82, 2.24) is 4.90 Å². The number of piperidine rings is 1. The van der Waals surface area contributed by atoms with Gasteiger partial charge >= 0.3 is 5.63 Å². The van der Waals surface area contributed by atoms with Gasteiger partial charge in [0, 0.05) is 19.2 Å². The molecule has 1 atom stereocenters. The Bertz CT molecular complexity index is 865. The molecule has 0 spiro atoms. The molecule has 1 aliphatic rings. The van der Waals surface area contributed by atoms with Crippen LogP contribution in [0.3, 0.4) is 0 Å². The van der Waals surface area contributed by atoms with Gasteiger partial charge in [-0.15, -0.1) is 12.4 Å². The van der Waals surface area contributed by atoms with E-state index in [-0.39, 0.29) is 30.5 Å². The molecule has 3 rings (SSSR count). The summed E-state index contributed by atoms with van der Waals surface area (Å²) in [6, 6.07) is 5.19. The molecule has 1 aliphatic heterocycles. The Morgan fingerprint density at radius 3 is 2.85 bits per heavy atom. The molecule has 1 aromatic heterocycles. The fourth-order valence-electron chi connectivity index (χ4n) is 3.58. The van der Waals surface area contributed by atoms with Crippen LogP contribution in [0, 0.1) is 12.8 Å². The molecule has 0 radical (unpaired) electrons. The molecular formula is C20H27ClN2O4. The molecule has 6 nitrogen and oxygen atoms in total. The summed E-state index contributed by atoms with van der Waals surface area (Å²) in [6.45, 7) is 5.90. The zero-order valence-corrected chi connectivity index (χ0v) is 16.6. The van der Waals surface area contributed by atoms with E-state index in [2.05, 4.69) is 0 Å². The van der Waals surface area contributed by atoms with Crippen LogP contribution < -0.4 is 16.1 Å². The van der Waals surface area contributed by atoms with E-state index < -0.39 is 0 Å². The second-order valence-electron chi connectivity index (χ2n) is 6.95. The minimum absolute atomic E-state index is 0. The zero-order valence-electron chi connectivity index (χ0n) is 15.8. The second-order valence-corrected chi connectivity index (χ2v) is 6.95. The van der Waals surface area contributed by atoms with Crippen LogP contribution in [0.15, 0.2) is 27.4 Å². The van der Waals surface area contributed by atoms with E-state index in [0.717, 1.165) is 35.9 Å². The van der Waals surface area contributed by atoms with Gasteiger partial charge in [-0.05, 0) is 61.9 Å². The number of likely N-dealkylation sites (tertiary alicyclic amines) is 1. The van der Waals surface area contributed by atoms with Crippen molar-refractivity contribution in [2.24, 2.45) is 11.7 Å². The molecule has 7 heteroatoms. The Labute approximate surface area is 165 Å². The Morgan fingerprint density at radius 1 is 1.37 bits per heavy atom. The summed E-state index contributed by atoms with van der Waals surface area (Å²) in [7, 11) is 0. The fourth-order valence-corrected chi connectivity index (χ4v) is 3.58. The van der Waals surface area contributed by atoms with Gasteiger partial charge in [0.05, 0.1) is 5.39 Å². The molecule has 1 amide bonds. The molecule has 2 N–H and O–H groups in total. The monoisotopic (exact) mass is 394 g/mol. The van der Waals surface area contributed by atoms with Crippen molar-refractivity contribution < 1.29 is 13.9 Å². The first-order valence-corrected chi connectivity index (χ1v) is 9.19. The molecular weight excluding hydrogens is 368 g/mol. The molecule has 2 heterocycles. The minimum Gasteiger partial charge on any atom is -0.483 e. The van der Waals surface area contributed by atoms with Crippen LogP contribution in [0.4, 0.5) is 0 Å². The number of hydrogen-bond donors (Lipinski definition) is 1. The van der Waals surface area contributed by atoms with Crippen molar-refractivity contribution in [2.45, 2.75) is 33.1 Å². The topological polar surface area (TPSA) is 85.8 Å². The van der Waals surface area contributed by atoms with E-state index in [0.29, 0.717) is 36.8 Å². The number of nitrogens with zero attached hydrogens (tertiary/aromatic N) is 1. The van der Waals surface area contributed by atoms with Crippen LogP contribution in [-0.4, -0.2) is 37.0 Å². The smallest absolute Gasteiger partial charge is 0.336 e. The third-order valence-corrected chi connectivity index (χ3v) is 4.97. The number of benzene rings is 1. The lowest BCUT2D eigenvalue weighted by molar-refractivity contribution is -0.135. The Balaban J connectivity index is 0.00000261. The highest BCUT2D eigenvalue weighted by atomic mass is 35.5. The maximum atomic E-state index is 12.5. The number of nitrogens with two attached hydrogens (primary N) is 1.